The van der Waals surface area contributed by atoms with Crippen LogP contribution in [0.2, 0.25) is 0 Å². The maximum absolute atomic E-state index is 11.2. The van der Waals surface area contributed by atoms with Crippen LogP contribution in [-0.2, 0) is 24.3 Å². The Bertz CT molecular complexity index is 380. The first kappa shape index (κ1) is 12.6. The number of carbonyl (C=O) groups is 1. The van der Waals surface area contributed by atoms with E-state index in [1.54, 1.807) is 6.07 Å². The van der Waals surface area contributed by atoms with Crippen molar-refractivity contribution in [2.75, 3.05) is 0 Å². The Morgan fingerprint density at radius 1 is 1.40 bits per heavy atom. The minimum Gasteiger partial charge on any atom is -0.370 e. The first-order valence-electron chi connectivity index (χ1n) is 4.37. The van der Waals surface area contributed by atoms with Crippen LogP contribution >= 0.6 is 9.24 Å². The van der Waals surface area contributed by atoms with Crippen LogP contribution in [0.25, 0.3) is 0 Å². The molecule has 1 fully saturated rings. The second-order valence-electron chi connectivity index (χ2n) is 3.35. The van der Waals surface area contributed by atoms with Gasteiger partial charge >= 0.3 is 5.97 Å². The average molecular weight is 274 g/mol. The molecule has 1 aromatic rings. The van der Waals surface area contributed by atoms with Gasteiger partial charge in [-0.05, 0) is 0 Å². The standard InChI is InChI=1S/C10H11NO2P.Zn/c11-13-10(12)8-3-7(6-1-2-6)4-9(14)5-8;/h3-5H,1-2,11,14H2;/q-1;. The minimum absolute atomic E-state index is 0. The maximum Gasteiger partial charge on any atom is 0.344 e. The van der Waals surface area contributed by atoms with Gasteiger partial charge in [0.25, 0.3) is 0 Å². The van der Waals surface area contributed by atoms with Crippen LogP contribution in [0, 0.1) is 5.92 Å². The molecular formula is C10H11NO2PZn-. The smallest absolute Gasteiger partial charge is 0.344 e. The Hall–Kier alpha value is -0.427. The van der Waals surface area contributed by atoms with Gasteiger partial charge in [-0.1, -0.05) is 24.2 Å². The van der Waals surface area contributed by atoms with Crippen LogP contribution in [0.1, 0.15) is 28.8 Å². The quantitative estimate of drug-likeness (QED) is 0.377. The van der Waals surface area contributed by atoms with Crippen LogP contribution in [0.4, 0.5) is 0 Å². The molecule has 1 unspecified atom stereocenters. The van der Waals surface area contributed by atoms with E-state index in [0.29, 0.717) is 5.56 Å². The third-order valence-corrected chi connectivity index (χ3v) is 2.54. The number of hydrogen-bond donors (Lipinski definition) is 1. The van der Waals surface area contributed by atoms with Gasteiger partial charge < -0.3 is 4.84 Å². The van der Waals surface area contributed by atoms with Crippen molar-refractivity contribution < 1.29 is 29.1 Å². The SMILES string of the molecule is NOC(=O)c1cc(P)cc([C-]2CC2)c1.[Zn]. The van der Waals surface area contributed by atoms with Crippen molar-refractivity contribution >= 4 is 20.5 Å². The molecule has 1 saturated carbocycles. The van der Waals surface area contributed by atoms with Crippen molar-refractivity contribution in [1.82, 2.24) is 0 Å². The fourth-order valence-corrected chi connectivity index (χ4v) is 1.75. The molecule has 0 saturated heterocycles. The van der Waals surface area contributed by atoms with E-state index in [1.165, 1.54) is 5.92 Å². The van der Waals surface area contributed by atoms with Gasteiger partial charge in [0, 0.05) is 25.0 Å². The van der Waals surface area contributed by atoms with E-state index in [0.717, 1.165) is 23.7 Å². The van der Waals surface area contributed by atoms with Crippen molar-refractivity contribution in [3.63, 3.8) is 0 Å². The summed E-state index contributed by atoms with van der Waals surface area (Å²) in [5.41, 5.74) is 1.63. The Morgan fingerprint density at radius 2 is 2.07 bits per heavy atom. The number of nitrogens with two attached hydrogens (primary N) is 1. The van der Waals surface area contributed by atoms with Crippen LogP contribution in [0.3, 0.4) is 0 Å². The molecule has 0 spiro atoms. The van der Waals surface area contributed by atoms with Crippen LogP contribution in [0.15, 0.2) is 18.2 Å². The summed E-state index contributed by atoms with van der Waals surface area (Å²) in [4.78, 5) is 15.4. The predicted octanol–water partition coefficient (Wildman–Crippen LogP) is 0.931. The summed E-state index contributed by atoms with van der Waals surface area (Å²) in [6.07, 6.45) is 2.26. The first-order valence-corrected chi connectivity index (χ1v) is 4.95. The zero-order chi connectivity index (χ0) is 10.1. The van der Waals surface area contributed by atoms with Crippen molar-refractivity contribution in [2.45, 2.75) is 12.8 Å². The van der Waals surface area contributed by atoms with E-state index in [2.05, 4.69) is 14.1 Å². The fourth-order valence-electron chi connectivity index (χ4n) is 1.39. The van der Waals surface area contributed by atoms with Crippen LogP contribution in [0.5, 0.6) is 0 Å². The molecule has 2 rings (SSSR count). The summed E-state index contributed by atoms with van der Waals surface area (Å²) in [6, 6.07) is 5.61. The number of benzene rings is 1. The van der Waals surface area contributed by atoms with Gasteiger partial charge in [-0.25, -0.2) is 4.79 Å². The summed E-state index contributed by atoms with van der Waals surface area (Å²) in [5.74, 6) is 5.73. The summed E-state index contributed by atoms with van der Waals surface area (Å²) < 4.78 is 0. The van der Waals surface area contributed by atoms with E-state index < -0.39 is 5.97 Å². The second-order valence-corrected chi connectivity index (χ2v) is 4.02. The fraction of sp³-hybridized carbons (Fsp3) is 0.200. The third-order valence-electron chi connectivity index (χ3n) is 2.21. The van der Waals surface area contributed by atoms with Crippen molar-refractivity contribution in [1.29, 1.82) is 0 Å². The van der Waals surface area contributed by atoms with E-state index >= 15 is 0 Å². The largest absolute Gasteiger partial charge is 0.370 e. The minimum atomic E-state index is -0.489. The molecule has 1 atom stereocenters. The van der Waals surface area contributed by atoms with Crippen molar-refractivity contribution in [3.8, 4) is 0 Å². The van der Waals surface area contributed by atoms with E-state index in [1.807, 2.05) is 12.1 Å². The van der Waals surface area contributed by atoms with Gasteiger partial charge in [0.2, 0.25) is 0 Å². The number of carbonyl (C=O) groups excluding carboxylic acids is 1. The second kappa shape index (κ2) is 5.07. The molecular weight excluding hydrogens is 262 g/mol. The van der Waals surface area contributed by atoms with Gasteiger partial charge in [-0.15, -0.1) is 15.3 Å². The van der Waals surface area contributed by atoms with Gasteiger partial charge in [0.05, 0.1) is 0 Å². The zero-order valence-electron chi connectivity index (χ0n) is 8.32. The van der Waals surface area contributed by atoms with E-state index in [4.69, 9.17) is 5.90 Å². The molecule has 0 bridgehead atoms. The summed E-state index contributed by atoms with van der Waals surface area (Å²) in [5, 5.41) is 0.974. The molecule has 0 radical (unpaired) electrons. The van der Waals surface area contributed by atoms with Gasteiger partial charge in [0.15, 0.2) is 0 Å². The Kier molecular flexibility index (Phi) is 4.27. The monoisotopic (exact) mass is 272 g/mol. The van der Waals surface area contributed by atoms with Gasteiger partial charge in [-0.2, -0.15) is 23.4 Å². The van der Waals surface area contributed by atoms with Crippen molar-refractivity contribution in [3.05, 3.63) is 35.2 Å². The molecule has 1 aliphatic carbocycles. The molecule has 5 heteroatoms. The van der Waals surface area contributed by atoms with Crippen LogP contribution < -0.4 is 11.2 Å². The topological polar surface area (TPSA) is 52.3 Å². The molecule has 0 aromatic heterocycles. The average Bonchev–Trinajstić information content (AvgIpc) is 2.98. The Balaban J connectivity index is 0.00000112. The maximum atomic E-state index is 11.2. The molecule has 3 nitrogen and oxygen atoms in total. The molecule has 0 aliphatic heterocycles. The molecule has 15 heavy (non-hydrogen) atoms. The number of hydrogen-bond acceptors (Lipinski definition) is 3. The van der Waals surface area contributed by atoms with E-state index in [9.17, 15) is 4.79 Å². The van der Waals surface area contributed by atoms with Gasteiger partial charge in [-0.3, -0.25) is 0 Å². The molecule has 0 amide bonds. The predicted molar refractivity (Wildman–Crippen MR) is 57.0 cm³/mol. The summed E-state index contributed by atoms with van der Waals surface area (Å²) in [6.45, 7) is 0. The number of rotatable bonds is 2. The van der Waals surface area contributed by atoms with Crippen molar-refractivity contribution in [2.24, 2.45) is 5.90 Å². The van der Waals surface area contributed by atoms with Crippen LogP contribution in [-0.4, -0.2) is 5.97 Å². The Morgan fingerprint density at radius 3 is 2.60 bits per heavy atom. The molecule has 76 valence electrons. The molecule has 0 heterocycles. The van der Waals surface area contributed by atoms with Gasteiger partial charge in [0.1, 0.15) is 0 Å². The normalized spacial score (nSPS) is 13.1. The Labute approximate surface area is 104 Å². The molecule has 2 N–H and O–H groups in total. The summed E-state index contributed by atoms with van der Waals surface area (Å²) in [7, 11) is 2.57. The zero-order valence-corrected chi connectivity index (χ0v) is 12.4. The molecule has 1 aliphatic rings. The first-order chi connectivity index (χ1) is 6.70. The molecule has 1 aromatic carbocycles. The summed E-state index contributed by atoms with van der Waals surface area (Å²) >= 11 is 0. The van der Waals surface area contributed by atoms with E-state index in [-0.39, 0.29) is 19.5 Å². The third kappa shape index (κ3) is 3.01.